The molecule has 0 aliphatic carbocycles. The number of likely N-dealkylation sites (tertiary alicyclic amines) is 1. The van der Waals surface area contributed by atoms with Crippen LogP contribution in [0, 0.1) is 5.41 Å². The number of carbonyl (C=O) groups excluding carboxylic acids is 2. The molecule has 0 spiro atoms. The maximum Gasteiger partial charge on any atom is 0.516 e. The Labute approximate surface area is 266 Å². The molecule has 1 aliphatic heterocycles. The lowest BCUT2D eigenvalue weighted by Crippen LogP contribution is -2.58. The number of hydrogen-bond acceptors (Lipinski definition) is 6. The fourth-order valence-corrected chi connectivity index (χ4v) is 7.66. The Morgan fingerprint density at radius 3 is 2.11 bits per heavy atom. The number of sulfone groups is 1. The smallest absolute Gasteiger partial charge is 0.331 e. The first-order valence-corrected chi connectivity index (χ1v) is 17.6. The molecule has 0 saturated carbocycles. The molecule has 44 heavy (non-hydrogen) atoms. The molecule has 0 bridgehead atoms. The Hall–Kier alpha value is -2.35. The van der Waals surface area contributed by atoms with E-state index in [-0.39, 0.29) is 12.8 Å². The van der Waals surface area contributed by atoms with Gasteiger partial charge in [0.05, 0.1) is 22.0 Å². The van der Waals surface area contributed by atoms with Gasteiger partial charge in [-0.05, 0) is 69.0 Å². The largest absolute Gasteiger partial charge is 0.516 e. The molecule has 2 aromatic rings. The van der Waals surface area contributed by atoms with E-state index in [0.717, 1.165) is 4.72 Å². The second-order valence-electron chi connectivity index (χ2n) is 12.2. The third kappa shape index (κ3) is 7.71. The molecule has 244 valence electrons. The lowest BCUT2D eigenvalue weighted by atomic mass is 9.67. The highest BCUT2D eigenvalue weighted by atomic mass is 35.5. The fourth-order valence-electron chi connectivity index (χ4n) is 5.44. The van der Waals surface area contributed by atoms with Crippen LogP contribution in [0.15, 0.2) is 48.5 Å². The van der Waals surface area contributed by atoms with E-state index in [9.17, 15) is 39.6 Å². The first-order valence-electron chi connectivity index (χ1n) is 13.7. The van der Waals surface area contributed by atoms with E-state index in [1.54, 1.807) is 55.5 Å². The molecule has 3 rings (SSSR count). The van der Waals surface area contributed by atoms with Crippen molar-refractivity contribution in [2.45, 2.75) is 82.1 Å². The zero-order chi connectivity index (χ0) is 33.5. The lowest BCUT2D eigenvalue weighted by molar-refractivity contribution is -0.156. The van der Waals surface area contributed by atoms with Gasteiger partial charge >= 0.3 is 15.5 Å². The van der Waals surface area contributed by atoms with Gasteiger partial charge in [-0.2, -0.15) is 21.6 Å². The number of benzene rings is 2. The van der Waals surface area contributed by atoms with Gasteiger partial charge < -0.3 is 4.90 Å². The Kier molecular flexibility index (Phi) is 10.5. The normalized spacial score (nSPS) is 22.5. The lowest BCUT2D eigenvalue weighted by Gasteiger charge is -2.52. The van der Waals surface area contributed by atoms with E-state index in [1.807, 2.05) is 0 Å². The quantitative estimate of drug-likeness (QED) is 0.324. The highest BCUT2D eigenvalue weighted by Gasteiger charge is 2.54. The summed E-state index contributed by atoms with van der Waals surface area (Å²) < 4.78 is 89.3. The SMILES string of the molecule is CC[C@@H](CS(=O)(=O)C(C)(C)C)N1C(=O)[C@@](C)(CC(=O)NS(=O)(=O)C(F)(F)F)C[C@H](c2cccc(Cl)c2)[C@H]1c1ccc(Cl)cc1. The molecule has 0 aromatic heterocycles. The summed E-state index contributed by atoms with van der Waals surface area (Å²) in [5.41, 5.74) is -6.26. The summed E-state index contributed by atoms with van der Waals surface area (Å²) in [5, 5.41) is 0.773. The predicted octanol–water partition coefficient (Wildman–Crippen LogP) is 6.40. The van der Waals surface area contributed by atoms with Crippen LogP contribution in [0.1, 0.15) is 77.0 Å². The average molecular weight is 700 g/mol. The van der Waals surface area contributed by atoms with Crippen LogP contribution >= 0.6 is 23.2 Å². The van der Waals surface area contributed by atoms with E-state index < -0.39 is 77.5 Å². The van der Waals surface area contributed by atoms with Gasteiger partial charge in [0, 0.05) is 28.4 Å². The van der Waals surface area contributed by atoms with Crippen molar-refractivity contribution in [3.8, 4) is 0 Å². The van der Waals surface area contributed by atoms with Gasteiger partial charge in [0.1, 0.15) is 0 Å². The number of amides is 2. The van der Waals surface area contributed by atoms with Crippen molar-refractivity contribution in [3.05, 3.63) is 69.7 Å². The van der Waals surface area contributed by atoms with Crippen LogP contribution in [0.5, 0.6) is 0 Å². The number of halogens is 5. The molecule has 8 nitrogen and oxygen atoms in total. The number of alkyl halides is 3. The van der Waals surface area contributed by atoms with Gasteiger partial charge in [-0.15, -0.1) is 0 Å². The van der Waals surface area contributed by atoms with Gasteiger partial charge in [-0.25, -0.2) is 13.1 Å². The fraction of sp³-hybridized carbons (Fsp3) is 0.517. The van der Waals surface area contributed by atoms with E-state index in [1.165, 1.54) is 32.6 Å². The van der Waals surface area contributed by atoms with Crippen LogP contribution in [-0.4, -0.2) is 55.6 Å². The van der Waals surface area contributed by atoms with E-state index in [2.05, 4.69) is 0 Å². The van der Waals surface area contributed by atoms with Crippen molar-refractivity contribution in [2.24, 2.45) is 5.41 Å². The van der Waals surface area contributed by atoms with Gasteiger partial charge in [0.25, 0.3) is 0 Å². The van der Waals surface area contributed by atoms with Crippen molar-refractivity contribution in [1.82, 2.24) is 9.62 Å². The van der Waals surface area contributed by atoms with Crippen molar-refractivity contribution in [3.63, 3.8) is 0 Å². The standard InChI is InChI=1S/C29H35Cl2F3N2O6S2/c1-6-22(17-43(39,40)27(2,3)4)36-25(18-10-12-20(30)13-11-18)23(19-8-7-9-21(31)14-19)15-28(5,26(36)38)16-24(37)35-44(41,42)29(32,33)34/h7-14,22-23,25H,6,15-17H2,1-5H3,(H,35,37)/t22-,23+,25+,28+/m0/s1. The average Bonchev–Trinajstić information content (AvgIpc) is 2.87. The highest BCUT2D eigenvalue weighted by molar-refractivity contribution is 7.92. The van der Waals surface area contributed by atoms with Crippen molar-refractivity contribution >= 4 is 54.9 Å². The number of nitrogens with one attached hydrogen (secondary N) is 1. The van der Waals surface area contributed by atoms with Gasteiger partial charge in [-0.3, -0.25) is 9.59 Å². The molecular weight excluding hydrogens is 664 g/mol. The second kappa shape index (κ2) is 12.8. The van der Waals surface area contributed by atoms with Crippen LogP contribution in [0.3, 0.4) is 0 Å². The van der Waals surface area contributed by atoms with Crippen LogP contribution in [0.4, 0.5) is 13.2 Å². The molecule has 4 atom stereocenters. The number of sulfonamides is 1. The first-order chi connectivity index (χ1) is 20.0. The summed E-state index contributed by atoms with van der Waals surface area (Å²) in [7, 11) is -9.83. The molecule has 0 radical (unpaired) electrons. The molecule has 2 amide bonds. The summed E-state index contributed by atoms with van der Waals surface area (Å²) in [6.45, 7) is 7.68. The summed E-state index contributed by atoms with van der Waals surface area (Å²) in [6, 6.07) is 11.6. The van der Waals surface area contributed by atoms with Crippen LogP contribution in [0.2, 0.25) is 10.0 Å². The minimum absolute atomic E-state index is 0.0993. The zero-order valence-corrected chi connectivity index (χ0v) is 27.9. The Morgan fingerprint density at radius 2 is 1.61 bits per heavy atom. The molecule has 1 saturated heterocycles. The Morgan fingerprint density at radius 1 is 1.02 bits per heavy atom. The highest BCUT2D eigenvalue weighted by Crippen LogP contribution is 2.52. The summed E-state index contributed by atoms with van der Waals surface area (Å²) >= 11 is 12.5. The minimum atomic E-state index is -6.03. The van der Waals surface area contributed by atoms with E-state index >= 15 is 0 Å². The predicted molar refractivity (Wildman–Crippen MR) is 163 cm³/mol. The zero-order valence-electron chi connectivity index (χ0n) is 24.8. The Bertz CT molecular complexity index is 1610. The molecule has 1 fully saturated rings. The molecule has 1 aliphatic rings. The number of hydrogen-bond donors (Lipinski definition) is 1. The number of carbonyl (C=O) groups is 2. The molecule has 1 heterocycles. The van der Waals surface area contributed by atoms with Gasteiger partial charge in [0.15, 0.2) is 9.84 Å². The number of piperidine rings is 1. The van der Waals surface area contributed by atoms with E-state index in [0.29, 0.717) is 21.2 Å². The van der Waals surface area contributed by atoms with Crippen LogP contribution < -0.4 is 4.72 Å². The summed E-state index contributed by atoms with van der Waals surface area (Å²) in [6.07, 6.45) is -0.833. The van der Waals surface area contributed by atoms with Gasteiger partial charge in [-0.1, -0.05) is 61.3 Å². The summed E-state index contributed by atoms with van der Waals surface area (Å²) in [5.74, 6) is -3.30. The maximum absolute atomic E-state index is 14.5. The molecule has 15 heteroatoms. The first kappa shape index (κ1) is 36.1. The minimum Gasteiger partial charge on any atom is -0.331 e. The number of rotatable bonds is 9. The van der Waals surface area contributed by atoms with Crippen LogP contribution in [0.25, 0.3) is 0 Å². The molecule has 2 aromatic carbocycles. The van der Waals surface area contributed by atoms with Crippen molar-refractivity contribution in [1.29, 1.82) is 0 Å². The van der Waals surface area contributed by atoms with Crippen molar-refractivity contribution < 1.29 is 39.6 Å². The molecule has 1 N–H and O–H groups in total. The topological polar surface area (TPSA) is 118 Å². The monoisotopic (exact) mass is 698 g/mol. The second-order valence-corrected chi connectivity index (χ2v) is 17.6. The Balaban J connectivity index is 2.25. The third-order valence-corrected chi connectivity index (χ3v) is 12.2. The summed E-state index contributed by atoms with van der Waals surface area (Å²) in [4.78, 5) is 28.7. The third-order valence-electron chi connectivity index (χ3n) is 7.90. The molecular formula is C29H35Cl2F3N2O6S2. The molecule has 0 unspecified atom stereocenters. The van der Waals surface area contributed by atoms with Gasteiger partial charge in [0.2, 0.25) is 11.8 Å². The van der Waals surface area contributed by atoms with E-state index in [4.69, 9.17) is 23.2 Å². The van der Waals surface area contributed by atoms with Crippen LogP contribution in [-0.2, 0) is 29.4 Å². The maximum atomic E-state index is 14.5. The number of nitrogens with zero attached hydrogens (tertiary/aromatic N) is 1. The van der Waals surface area contributed by atoms with Crippen molar-refractivity contribution in [2.75, 3.05) is 5.75 Å².